The van der Waals surface area contributed by atoms with Crippen molar-refractivity contribution in [1.29, 1.82) is 0 Å². The molecule has 80 valence electrons. The van der Waals surface area contributed by atoms with E-state index in [0.29, 0.717) is 11.3 Å². The first-order valence-electron chi connectivity index (χ1n) is 4.52. The van der Waals surface area contributed by atoms with Crippen LogP contribution in [0.5, 0.6) is 5.75 Å². The number of para-hydroxylation sites is 1. The number of benzene rings is 1. The Morgan fingerprint density at radius 2 is 2.12 bits per heavy atom. The summed E-state index contributed by atoms with van der Waals surface area (Å²) in [5, 5.41) is 19.9. The Hall–Kier alpha value is -0.204. The van der Waals surface area contributed by atoms with E-state index in [0.717, 1.165) is 5.56 Å². The Morgan fingerprint density at radius 1 is 1.50 bits per heavy atom. The molecule has 1 aromatic rings. The quantitative estimate of drug-likeness (QED) is 0.464. The fraction of sp³-hybridized carbons (Fsp3) is 0.273. The van der Waals surface area contributed by atoms with E-state index >= 15 is 0 Å². The molecule has 0 spiro atoms. The third-order valence-corrected chi connectivity index (χ3v) is 2.07. The summed E-state index contributed by atoms with van der Waals surface area (Å²) in [7, 11) is 0. The van der Waals surface area contributed by atoms with Gasteiger partial charge in [0, 0.05) is 11.3 Å². The zero-order valence-electron chi connectivity index (χ0n) is 9.65. The van der Waals surface area contributed by atoms with Crippen molar-refractivity contribution in [2.24, 2.45) is 4.99 Å². The molecule has 5 heteroatoms. The summed E-state index contributed by atoms with van der Waals surface area (Å²) in [5.41, 5.74) is 1.77. The first-order chi connectivity index (χ1) is 7.02. The van der Waals surface area contributed by atoms with Crippen molar-refractivity contribution in [2.75, 3.05) is 6.54 Å². The van der Waals surface area contributed by atoms with Crippen molar-refractivity contribution < 1.29 is 66.4 Å². The predicted molar refractivity (Wildman–Crippen MR) is 54.9 cm³/mol. The second-order valence-electron chi connectivity index (χ2n) is 3.24. The molecule has 0 saturated heterocycles. The molecule has 0 saturated carbocycles. The smallest absolute Gasteiger partial charge is 0.548 e. The molecule has 0 bridgehead atoms. The number of aromatic hydroxyl groups is 1. The van der Waals surface area contributed by atoms with Gasteiger partial charge in [0.05, 0.1) is 12.5 Å². The first-order valence-corrected chi connectivity index (χ1v) is 4.52. The average molecular weight is 245 g/mol. The molecule has 0 aliphatic rings. The number of carboxylic acid groups (broad SMARTS) is 1. The van der Waals surface area contributed by atoms with Crippen LogP contribution in [-0.2, 0) is 4.79 Å². The Kier molecular flexibility index (Phi) is 7.09. The van der Waals surface area contributed by atoms with E-state index in [1.54, 1.807) is 32.0 Å². The topological polar surface area (TPSA) is 72.7 Å². The van der Waals surface area contributed by atoms with Gasteiger partial charge in [0.1, 0.15) is 5.75 Å². The third-order valence-electron chi connectivity index (χ3n) is 2.07. The molecule has 0 radical (unpaired) electrons. The Balaban J connectivity index is 0.00000225. The molecular weight excluding hydrogens is 233 g/mol. The Morgan fingerprint density at radius 3 is 2.69 bits per heavy atom. The molecule has 0 fully saturated rings. The molecule has 1 N–H and O–H groups in total. The standard InChI is InChI=1S/C11H13NO3.K/c1-7-4-3-5-9(11(7)15)8(2)12-6-10(13)14;/h3-5,15H,6H2,1-2H3,(H,13,14);/q;+1/p-1. The van der Waals surface area contributed by atoms with Gasteiger partial charge in [-0.25, -0.2) is 0 Å². The SMILES string of the molecule is CC(=NCC(=O)[O-])c1cccc(C)c1O.[K+]. The van der Waals surface area contributed by atoms with Gasteiger partial charge >= 0.3 is 51.4 Å². The van der Waals surface area contributed by atoms with Crippen LogP contribution in [0, 0.1) is 6.92 Å². The molecule has 16 heavy (non-hydrogen) atoms. The minimum absolute atomic E-state index is 0. The number of hydrogen-bond acceptors (Lipinski definition) is 4. The van der Waals surface area contributed by atoms with E-state index in [9.17, 15) is 15.0 Å². The summed E-state index contributed by atoms with van der Waals surface area (Å²) < 4.78 is 0. The summed E-state index contributed by atoms with van der Waals surface area (Å²) in [6.45, 7) is 3.03. The monoisotopic (exact) mass is 245 g/mol. The number of aliphatic carboxylic acids is 1. The maximum absolute atomic E-state index is 10.2. The number of aliphatic imine (C=N–C) groups is 1. The largest absolute Gasteiger partial charge is 1.00 e. The summed E-state index contributed by atoms with van der Waals surface area (Å²) in [6.07, 6.45) is 0. The molecule has 0 aromatic heterocycles. The maximum Gasteiger partial charge on any atom is 1.00 e. The summed E-state index contributed by atoms with van der Waals surface area (Å²) in [5.74, 6) is -1.10. The van der Waals surface area contributed by atoms with Crippen molar-refractivity contribution in [3.63, 3.8) is 0 Å². The van der Waals surface area contributed by atoms with Crippen LogP contribution in [0.15, 0.2) is 23.2 Å². The summed E-state index contributed by atoms with van der Waals surface area (Å²) >= 11 is 0. The normalized spacial score (nSPS) is 10.8. The van der Waals surface area contributed by atoms with Crippen LogP contribution in [0.4, 0.5) is 0 Å². The maximum atomic E-state index is 10.2. The van der Waals surface area contributed by atoms with E-state index in [1.807, 2.05) is 0 Å². The molecule has 0 atom stereocenters. The van der Waals surface area contributed by atoms with Gasteiger partial charge in [-0.2, -0.15) is 0 Å². The van der Waals surface area contributed by atoms with Crippen LogP contribution >= 0.6 is 0 Å². The molecule has 1 aromatic carbocycles. The van der Waals surface area contributed by atoms with Crippen molar-refractivity contribution in [1.82, 2.24) is 0 Å². The van der Waals surface area contributed by atoms with Crippen LogP contribution < -0.4 is 56.5 Å². The fourth-order valence-corrected chi connectivity index (χ4v) is 1.22. The molecule has 4 nitrogen and oxygen atoms in total. The van der Waals surface area contributed by atoms with E-state index in [1.165, 1.54) is 0 Å². The Labute approximate surface area is 137 Å². The molecule has 0 unspecified atom stereocenters. The van der Waals surface area contributed by atoms with Crippen LogP contribution in [0.1, 0.15) is 18.1 Å². The second kappa shape index (κ2) is 7.19. The van der Waals surface area contributed by atoms with Crippen LogP contribution in [0.2, 0.25) is 0 Å². The molecule has 0 aliphatic heterocycles. The van der Waals surface area contributed by atoms with Crippen LogP contribution in [0.25, 0.3) is 0 Å². The average Bonchev–Trinajstić information content (AvgIpc) is 2.18. The molecule has 0 aliphatic carbocycles. The van der Waals surface area contributed by atoms with Gasteiger partial charge < -0.3 is 15.0 Å². The number of carbonyl (C=O) groups is 1. The van der Waals surface area contributed by atoms with E-state index < -0.39 is 5.97 Å². The molecule has 1 rings (SSSR count). The molecule has 0 amide bonds. The van der Waals surface area contributed by atoms with Gasteiger partial charge in [-0.15, -0.1) is 0 Å². The van der Waals surface area contributed by atoms with Crippen molar-refractivity contribution in [2.45, 2.75) is 13.8 Å². The first kappa shape index (κ1) is 15.8. The second-order valence-corrected chi connectivity index (χ2v) is 3.24. The van der Waals surface area contributed by atoms with E-state index in [4.69, 9.17) is 0 Å². The molecule has 0 heterocycles. The minimum Gasteiger partial charge on any atom is -0.548 e. The van der Waals surface area contributed by atoms with Gasteiger partial charge in [0.2, 0.25) is 0 Å². The fourth-order valence-electron chi connectivity index (χ4n) is 1.22. The summed E-state index contributed by atoms with van der Waals surface area (Å²) in [6, 6.07) is 5.24. The number of phenols is 1. The zero-order chi connectivity index (χ0) is 11.4. The number of aryl methyl sites for hydroxylation is 1. The van der Waals surface area contributed by atoms with Gasteiger partial charge in [0.25, 0.3) is 0 Å². The Bertz CT molecular complexity index is 416. The van der Waals surface area contributed by atoms with Crippen molar-refractivity contribution >= 4 is 11.7 Å². The van der Waals surface area contributed by atoms with E-state index in [-0.39, 0.29) is 63.7 Å². The van der Waals surface area contributed by atoms with Crippen LogP contribution in [-0.4, -0.2) is 23.3 Å². The number of carboxylic acids is 1. The van der Waals surface area contributed by atoms with Gasteiger partial charge in [-0.1, -0.05) is 12.1 Å². The van der Waals surface area contributed by atoms with Crippen molar-refractivity contribution in [3.05, 3.63) is 29.3 Å². The third kappa shape index (κ3) is 4.35. The predicted octanol–water partition coefficient (Wildman–Crippen LogP) is -2.74. The number of nitrogens with zero attached hydrogens (tertiary/aromatic N) is 1. The van der Waals surface area contributed by atoms with Gasteiger partial charge in [0.15, 0.2) is 0 Å². The summed E-state index contributed by atoms with van der Waals surface area (Å²) in [4.78, 5) is 14.0. The molecular formula is C11H12KNO3. The number of rotatable bonds is 3. The van der Waals surface area contributed by atoms with Crippen molar-refractivity contribution in [3.8, 4) is 5.75 Å². The number of carbonyl (C=O) groups excluding carboxylic acids is 1. The van der Waals surface area contributed by atoms with Gasteiger partial charge in [-0.3, -0.25) is 4.99 Å². The van der Waals surface area contributed by atoms with Crippen LogP contribution in [0.3, 0.4) is 0 Å². The minimum atomic E-state index is -1.23. The number of phenolic OH excluding ortho intramolecular Hbond substituents is 1. The zero-order valence-corrected chi connectivity index (χ0v) is 12.8. The van der Waals surface area contributed by atoms with E-state index in [2.05, 4.69) is 4.99 Å². The number of hydrogen-bond donors (Lipinski definition) is 1. The van der Waals surface area contributed by atoms with Gasteiger partial charge in [-0.05, 0) is 25.5 Å².